The maximum absolute atomic E-state index is 12.1. The van der Waals surface area contributed by atoms with Crippen molar-refractivity contribution < 1.29 is 14.3 Å². The van der Waals surface area contributed by atoms with Gasteiger partial charge in [0.15, 0.2) is 0 Å². The van der Waals surface area contributed by atoms with Crippen LogP contribution in [-0.4, -0.2) is 35.7 Å². The highest BCUT2D eigenvalue weighted by molar-refractivity contribution is 7.15. The number of hydrogen-bond acceptors (Lipinski definition) is 6. The van der Waals surface area contributed by atoms with E-state index in [1.807, 2.05) is 6.92 Å². The van der Waals surface area contributed by atoms with Crippen LogP contribution in [0.1, 0.15) is 41.6 Å². The Morgan fingerprint density at radius 2 is 2.12 bits per heavy atom. The van der Waals surface area contributed by atoms with Gasteiger partial charge in [-0.3, -0.25) is 9.59 Å². The summed E-state index contributed by atoms with van der Waals surface area (Å²) in [6.07, 6.45) is 2.87. The molecule has 2 aromatic rings. The van der Waals surface area contributed by atoms with Crippen LogP contribution in [0.4, 0.5) is 5.13 Å². The standard InChI is InChI=1S/C17H22N4O3S/c1-3-4-8-14(22)19-17-21-20-15(25-17)9-10-18-16(23)12-6-5-7-13(11-12)24-2/h5-7,11H,3-4,8-10H2,1-2H3,(H,18,23)(H,19,21,22). The highest BCUT2D eigenvalue weighted by atomic mass is 32.1. The average Bonchev–Trinajstić information content (AvgIpc) is 3.07. The highest BCUT2D eigenvalue weighted by Gasteiger charge is 2.09. The molecule has 25 heavy (non-hydrogen) atoms. The van der Waals surface area contributed by atoms with E-state index in [1.54, 1.807) is 31.4 Å². The normalized spacial score (nSPS) is 10.3. The minimum atomic E-state index is -0.170. The molecular weight excluding hydrogens is 340 g/mol. The van der Waals surface area contributed by atoms with E-state index in [4.69, 9.17) is 4.74 Å². The summed E-state index contributed by atoms with van der Waals surface area (Å²) in [6.45, 7) is 2.48. The number of carbonyl (C=O) groups excluding carboxylic acids is 2. The average molecular weight is 362 g/mol. The Morgan fingerprint density at radius 3 is 2.88 bits per heavy atom. The zero-order valence-electron chi connectivity index (χ0n) is 14.4. The number of carbonyl (C=O) groups is 2. The molecule has 8 heteroatoms. The fraction of sp³-hybridized carbons (Fsp3) is 0.412. The number of ether oxygens (including phenoxy) is 1. The Kier molecular flexibility index (Phi) is 7.34. The Bertz CT molecular complexity index is 717. The first-order valence-electron chi connectivity index (χ1n) is 8.17. The smallest absolute Gasteiger partial charge is 0.251 e. The fourth-order valence-electron chi connectivity index (χ4n) is 2.07. The second-order valence-corrected chi connectivity index (χ2v) is 6.45. The molecule has 134 valence electrons. The molecule has 0 unspecified atom stereocenters. The van der Waals surface area contributed by atoms with E-state index >= 15 is 0 Å². The van der Waals surface area contributed by atoms with E-state index in [-0.39, 0.29) is 11.8 Å². The molecule has 2 N–H and O–H groups in total. The van der Waals surface area contributed by atoms with Crippen LogP contribution in [0.2, 0.25) is 0 Å². The predicted octanol–water partition coefficient (Wildman–Crippen LogP) is 2.65. The van der Waals surface area contributed by atoms with Gasteiger partial charge in [-0.1, -0.05) is 30.7 Å². The molecule has 0 atom stereocenters. The summed E-state index contributed by atoms with van der Waals surface area (Å²) in [7, 11) is 1.56. The first-order valence-corrected chi connectivity index (χ1v) is 8.98. The van der Waals surface area contributed by atoms with Gasteiger partial charge < -0.3 is 15.4 Å². The lowest BCUT2D eigenvalue weighted by Crippen LogP contribution is -2.25. The molecule has 0 aliphatic heterocycles. The van der Waals surface area contributed by atoms with Crippen molar-refractivity contribution in [1.29, 1.82) is 0 Å². The van der Waals surface area contributed by atoms with Gasteiger partial charge in [-0.25, -0.2) is 0 Å². The molecule has 0 aliphatic carbocycles. The number of amides is 2. The minimum absolute atomic E-state index is 0.0455. The highest BCUT2D eigenvalue weighted by Crippen LogP contribution is 2.16. The molecular formula is C17H22N4O3S. The molecule has 0 spiro atoms. The van der Waals surface area contributed by atoms with Crippen molar-refractivity contribution in [1.82, 2.24) is 15.5 Å². The number of benzene rings is 1. The number of anilines is 1. The SMILES string of the molecule is CCCCC(=O)Nc1nnc(CCNC(=O)c2cccc(OC)c2)s1. The van der Waals surface area contributed by atoms with Crippen LogP contribution in [-0.2, 0) is 11.2 Å². The second-order valence-electron chi connectivity index (χ2n) is 5.39. The van der Waals surface area contributed by atoms with E-state index in [2.05, 4.69) is 20.8 Å². The van der Waals surface area contributed by atoms with Crippen LogP contribution in [0, 0.1) is 0 Å². The van der Waals surface area contributed by atoms with Crippen molar-refractivity contribution in [2.24, 2.45) is 0 Å². The number of nitrogens with zero attached hydrogens (tertiary/aromatic N) is 2. The molecule has 0 bridgehead atoms. The number of unbranched alkanes of at least 4 members (excludes halogenated alkanes) is 1. The van der Waals surface area contributed by atoms with Gasteiger partial charge in [0.1, 0.15) is 10.8 Å². The van der Waals surface area contributed by atoms with Crippen LogP contribution in [0.15, 0.2) is 24.3 Å². The molecule has 2 amide bonds. The Morgan fingerprint density at radius 1 is 1.28 bits per heavy atom. The van der Waals surface area contributed by atoms with Crippen LogP contribution in [0.5, 0.6) is 5.75 Å². The lowest BCUT2D eigenvalue weighted by Gasteiger charge is -2.05. The molecule has 0 saturated carbocycles. The molecule has 2 rings (SSSR count). The van der Waals surface area contributed by atoms with Crippen LogP contribution in [0.25, 0.3) is 0 Å². The van der Waals surface area contributed by atoms with Gasteiger partial charge in [0.05, 0.1) is 7.11 Å². The zero-order valence-corrected chi connectivity index (χ0v) is 15.2. The van der Waals surface area contributed by atoms with E-state index < -0.39 is 0 Å². The van der Waals surface area contributed by atoms with Gasteiger partial charge in [0.2, 0.25) is 11.0 Å². The summed E-state index contributed by atoms with van der Waals surface area (Å²) in [6, 6.07) is 6.97. The van der Waals surface area contributed by atoms with Gasteiger partial charge in [0.25, 0.3) is 5.91 Å². The quantitative estimate of drug-likeness (QED) is 0.715. The predicted molar refractivity (Wildman–Crippen MR) is 97.1 cm³/mol. The van der Waals surface area contributed by atoms with Crippen molar-refractivity contribution >= 4 is 28.3 Å². The van der Waals surface area contributed by atoms with Crippen molar-refractivity contribution in [2.45, 2.75) is 32.6 Å². The van der Waals surface area contributed by atoms with Crippen molar-refractivity contribution in [3.05, 3.63) is 34.8 Å². The third-order valence-corrected chi connectivity index (χ3v) is 4.33. The Hall–Kier alpha value is -2.48. The van der Waals surface area contributed by atoms with Gasteiger partial charge >= 0.3 is 0 Å². The van der Waals surface area contributed by atoms with Gasteiger partial charge in [0, 0.05) is 24.9 Å². The van der Waals surface area contributed by atoms with E-state index in [0.29, 0.717) is 35.8 Å². The molecule has 0 fully saturated rings. The summed E-state index contributed by atoms with van der Waals surface area (Å²) in [5.41, 5.74) is 0.542. The zero-order chi connectivity index (χ0) is 18.1. The molecule has 0 saturated heterocycles. The maximum Gasteiger partial charge on any atom is 0.251 e. The van der Waals surface area contributed by atoms with Crippen molar-refractivity contribution in [2.75, 3.05) is 19.0 Å². The van der Waals surface area contributed by atoms with Crippen LogP contribution >= 0.6 is 11.3 Å². The monoisotopic (exact) mass is 362 g/mol. The topological polar surface area (TPSA) is 93.2 Å². The lowest BCUT2D eigenvalue weighted by atomic mass is 10.2. The lowest BCUT2D eigenvalue weighted by molar-refractivity contribution is -0.116. The molecule has 1 aromatic heterocycles. The molecule has 0 aliphatic rings. The van der Waals surface area contributed by atoms with Crippen LogP contribution < -0.4 is 15.4 Å². The van der Waals surface area contributed by atoms with Crippen LogP contribution in [0.3, 0.4) is 0 Å². The fourth-order valence-corrected chi connectivity index (χ4v) is 2.83. The molecule has 1 aromatic carbocycles. The Labute approximate surface area is 150 Å². The van der Waals surface area contributed by atoms with Crippen molar-refractivity contribution in [3.63, 3.8) is 0 Å². The third-order valence-electron chi connectivity index (χ3n) is 3.43. The number of hydrogen-bond donors (Lipinski definition) is 2. The number of nitrogens with one attached hydrogen (secondary N) is 2. The Balaban J connectivity index is 1.78. The summed E-state index contributed by atoms with van der Waals surface area (Å²) < 4.78 is 5.11. The van der Waals surface area contributed by atoms with Gasteiger partial charge in [-0.2, -0.15) is 0 Å². The number of rotatable bonds is 9. The summed E-state index contributed by atoms with van der Waals surface area (Å²) in [5.74, 6) is 0.424. The molecule has 1 heterocycles. The first-order chi connectivity index (χ1) is 12.1. The first kappa shape index (κ1) is 18.9. The second kappa shape index (κ2) is 9.73. The van der Waals surface area contributed by atoms with E-state index in [9.17, 15) is 9.59 Å². The van der Waals surface area contributed by atoms with E-state index in [1.165, 1.54) is 11.3 Å². The minimum Gasteiger partial charge on any atom is -0.497 e. The summed E-state index contributed by atoms with van der Waals surface area (Å²) in [5, 5.41) is 14.8. The van der Waals surface area contributed by atoms with E-state index in [0.717, 1.165) is 17.8 Å². The maximum atomic E-state index is 12.1. The molecule has 0 radical (unpaired) electrons. The van der Waals surface area contributed by atoms with Gasteiger partial charge in [-0.15, -0.1) is 10.2 Å². The third kappa shape index (κ3) is 6.15. The molecule has 7 nitrogen and oxygen atoms in total. The largest absolute Gasteiger partial charge is 0.497 e. The number of aromatic nitrogens is 2. The van der Waals surface area contributed by atoms with Gasteiger partial charge in [-0.05, 0) is 24.6 Å². The number of methoxy groups -OCH3 is 1. The summed E-state index contributed by atoms with van der Waals surface area (Å²) >= 11 is 1.32. The van der Waals surface area contributed by atoms with Crippen molar-refractivity contribution in [3.8, 4) is 5.75 Å². The summed E-state index contributed by atoms with van der Waals surface area (Å²) in [4.78, 5) is 23.8.